The molecule has 0 saturated carbocycles. The molecule has 1 heterocycles. The number of aromatic nitrogens is 1. The van der Waals surface area contributed by atoms with Crippen molar-refractivity contribution in [2.75, 3.05) is 5.32 Å². The average molecular weight is 359 g/mol. The lowest BCUT2D eigenvalue weighted by Gasteiger charge is -2.15. The van der Waals surface area contributed by atoms with Gasteiger partial charge in [-0.1, -0.05) is 17.7 Å². The van der Waals surface area contributed by atoms with Gasteiger partial charge in [-0.25, -0.2) is 0 Å². The summed E-state index contributed by atoms with van der Waals surface area (Å²) in [5, 5.41) is 3.65. The van der Waals surface area contributed by atoms with Crippen LogP contribution < -0.4 is 5.32 Å². The molecule has 1 N–H and O–H groups in total. The smallest absolute Gasteiger partial charge is 0.252 e. The molecule has 124 valence electrons. The zero-order valence-corrected chi connectivity index (χ0v) is 14.9. The van der Waals surface area contributed by atoms with Gasteiger partial charge >= 0.3 is 0 Å². The summed E-state index contributed by atoms with van der Waals surface area (Å²) in [5.41, 5.74) is 2.73. The van der Waals surface area contributed by atoms with Crippen molar-refractivity contribution in [2.24, 2.45) is 0 Å². The van der Waals surface area contributed by atoms with E-state index in [1.165, 1.54) is 5.56 Å². The van der Waals surface area contributed by atoms with Gasteiger partial charge in [0.05, 0.1) is 0 Å². The molecule has 3 nitrogen and oxygen atoms in total. The summed E-state index contributed by atoms with van der Waals surface area (Å²) < 4.78 is 0. The van der Waals surface area contributed by atoms with E-state index in [-0.39, 0.29) is 5.91 Å². The fraction of sp³-hybridized carbons (Fsp3) is 0.263. The van der Waals surface area contributed by atoms with Gasteiger partial charge in [0.15, 0.2) is 0 Å². The molecule has 0 unspecified atom stereocenters. The Bertz CT molecular complexity index is 729. The van der Waals surface area contributed by atoms with E-state index in [0.717, 1.165) is 47.6 Å². The third-order valence-corrected chi connectivity index (χ3v) is 5.42. The number of hydrogen-bond donors (Lipinski definition) is 1. The van der Waals surface area contributed by atoms with Gasteiger partial charge in [0, 0.05) is 39.3 Å². The van der Waals surface area contributed by atoms with E-state index in [0.29, 0.717) is 5.03 Å². The number of nitrogens with one attached hydrogen (secondary N) is 1. The molecule has 0 atom stereocenters. The van der Waals surface area contributed by atoms with Crippen LogP contribution in [-0.2, 0) is 10.5 Å². The monoisotopic (exact) mass is 358 g/mol. The number of rotatable bonds is 5. The zero-order valence-electron chi connectivity index (χ0n) is 13.3. The molecule has 0 bridgehead atoms. The van der Waals surface area contributed by atoms with Crippen LogP contribution in [0.1, 0.15) is 31.2 Å². The topological polar surface area (TPSA) is 42.0 Å². The van der Waals surface area contributed by atoms with Crippen LogP contribution in [0.4, 0.5) is 5.69 Å². The number of amides is 1. The van der Waals surface area contributed by atoms with Crippen LogP contribution in [0, 0.1) is 0 Å². The highest BCUT2D eigenvalue weighted by Gasteiger charge is 2.17. The van der Waals surface area contributed by atoms with E-state index in [1.807, 2.05) is 36.5 Å². The number of allylic oxidation sites excluding steroid dienone is 1. The number of anilines is 1. The maximum atomic E-state index is 12.3. The van der Waals surface area contributed by atoms with Gasteiger partial charge in [-0.15, -0.1) is 11.8 Å². The van der Waals surface area contributed by atoms with Crippen LogP contribution >= 0.6 is 23.4 Å². The number of benzene rings is 1. The Kier molecular flexibility index (Phi) is 5.94. The van der Waals surface area contributed by atoms with Crippen molar-refractivity contribution in [1.29, 1.82) is 0 Å². The van der Waals surface area contributed by atoms with Gasteiger partial charge in [0.1, 0.15) is 0 Å². The second-order valence-electron chi connectivity index (χ2n) is 5.72. The van der Waals surface area contributed by atoms with Crippen LogP contribution in [0.5, 0.6) is 0 Å². The molecule has 1 aromatic heterocycles. The molecule has 2 aromatic rings. The lowest BCUT2D eigenvalue weighted by Crippen LogP contribution is -2.17. The SMILES string of the molecule is O=C(Nc1ccc(SCc2cccnc2)cc1)C1=C(Cl)CCCC1. The van der Waals surface area contributed by atoms with Gasteiger partial charge in [-0.3, -0.25) is 9.78 Å². The number of thioether (sulfide) groups is 1. The molecule has 5 heteroatoms. The number of nitrogens with zero attached hydrogens (tertiary/aromatic N) is 1. The van der Waals surface area contributed by atoms with Crippen molar-refractivity contribution in [3.63, 3.8) is 0 Å². The first-order valence-corrected chi connectivity index (χ1v) is 9.39. The fourth-order valence-electron chi connectivity index (χ4n) is 2.60. The van der Waals surface area contributed by atoms with Crippen molar-refractivity contribution >= 4 is 35.0 Å². The summed E-state index contributed by atoms with van der Waals surface area (Å²) in [5.74, 6) is 0.803. The molecule has 1 aliphatic rings. The molecule has 24 heavy (non-hydrogen) atoms. The number of carbonyl (C=O) groups is 1. The van der Waals surface area contributed by atoms with Crippen molar-refractivity contribution in [1.82, 2.24) is 4.98 Å². The summed E-state index contributed by atoms with van der Waals surface area (Å²) in [6.45, 7) is 0. The lowest BCUT2D eigenvalue weighted by molar-refractivity contribution is -0.113. The minimum absolute atomic E-state index is 0.0736. The van der Waals surface area contributed by atoms with E-state index < -0.39 is 0 Å². The van der Waals surface area contributed by atoms with Crippen molar-refractivity contribution in [2.45, 2.75) is 36.3 Å². The molecule has 0 radical (unpaired) electrons. The van der Waals surface area contributed by atoms with Gasteiger partial charge in [-0.05, 0) is 61.6 Å². The highest BCUT2D eigenvalue weighted by atomic mass is 35.5. The van der Waals surface area contributed by atoms with E-state index in [4.69, 9.17) is 11.6 Å². The summed E-state index contributed by atoms with van der Waals surface area (Å²) in [4.78, 5) is 17.6. The van der Waals surface area contributed by atoms with Crippen LogP contribution in [0.3, 0.4) is 0 Å². The van der Waals surface area contributed by atoms with Crippen LogP contribution in [0.2, 0.25) is 0 Å². The minimum Gasteiger partial charge on any atom is -0.322 e. The van der Waals surface area contributed by atoms with E-state index in [1.54, 1.807) is 18.0 Å². The third-order valence-electron chi connectivity index (χ3n) is 3.92. The molecular weight excluding hydrogens is 340 g/mol. The van der Waals surface area contributed by atoms with E-state index in [9.17, 15) is 4.79 Å². The molecule has 3 rings (SSSR count). The Morgan fingerprint density at radius 2 is 1.96 bits per heavy atom. The Balaban J connectivity index is 1.57. The Hall–Kier alpha value is -1.78. The van der Waals surface area contributed by atoms with Crippen LogP contribution in [0.15, 0.2) is 64.3 Å². The zero-order chi connectivity index (χ0) is 16.8. The second kappa shape index (κ2) is 8.36. The summed E-state index contributed by atoms with van der Waals surface area (Å²) in [7, 11) is 0. The molecule has 1 aromatic carbocycles. The van der Waals surface area contributed by atoms with Gasteiger partial charge < -0.3 is 5.32 Å². The Morgan fingerprint density at radius 1 is 1.17 bits per heavy atom. The average Bonchev–Trinajstić information content (AvgIpc) is 2.62. The van der Waals surface area contributed by atoms with Gasteiger partial charge in [0.25, 0.3) is 5.91 Å². The first-order chi connectivity index (χ1) is 11.7. The normalized spacial score (nSPS) is 14.5. The second-order valence-corrected chi connectivity index (χ2v) is 7.22. The maximum Gasteiger partial charge on any atom is 0.252 e. The third kappa shape index (κ3) is 4.62. The maximum absolute atomic E-state index is 12.3. The Labute approximate surface area is 151 Å². The summed E-state index contributed by atoms with van der Waals surface area (Å²) in [6.07, 6.45) is 7.34. The number of pyridine rings is 1. The minimum atomic E-state index is -0.0736. The molecule has 0 aliphatic heterocycles. The highest BCUT2D eigenvalue weighted by molar-refractivity contribution is 7.98. The standard InChI is InChI=1S/C19H19ClN2OS/c20-18-6-2-1-5-17(18)19(23)22-15-7-9-16(10-8-15)24-13-14-4-3-11-21-12-14/h3-4,7-12H,1-2,5-6,13H2,(H,22,23). The molecular formula is C19H19ClN2OS. The van der Waals surface area contributed by atoms with E-state index in [2.05, 4.69) is 16.4 Å². The largest absolute Gasteiger partial charge is 0.322 e. The van der Waals surface area contributed by atoms with E-state index >= 15 is 0 Å². The molecule has 0 saturated heterocycles. The van der Waals surface area contributed by atoms with Crippen molar-refractivity contribution in [3.8, 4) is 0 Å². The van der Waals surface area contributed by atoms with Crippen LogP contribution in [0.25, 0.3) is 0 Å². The molecule has 1 aliphatic carbocycles. The highest BCUT2D eigenvalue weighted by Crippen LogP contribution is 2.29. The first-order valence-electron chi connectivity index (χ1n) is 8.03. The summed E-state index contributed by atoms with van der Waals surface area (Å²) >= 11 is 7.93. The number of hydrogen-bond acceptors (Lipinski definition) is 3. The first kappa shape index (κ1) is 17.1. The Morgan fingerprint density at radius 3 is 2.67 bits per heavy atom. The lowest BCUT2D eigenvalue weighted by atomic mass is 9.98. The predicted molar refractivity (Wildman–Crippen MR) is 100 cm³/mol. The van der Waals surface area contributed by atoms with Gasteiger partial charge in [-0.2, -0.15) is 0 Å². The molecule has 1 amide bonds. The molecule has 0 fully saturated rings. The van der Waals surface area contributed by atoms with Gasteiger partial charge in [0.2, 0.25) is 0 Å². The predicted octanol–water partition coefficient (Wildman–Crippen LogP) is 5.38. The van der Waals surface area contributed by atoms with Crippen molar-refractivity contribution in [3.05, 3.63) is 65.0 Å². The number of carbonyl (C=O) groups excluding carboxylic acids is 1. The molecule has 0 spiro atoms. The fourth-order valence-corrected chi connectivity index (χ4v) is 3.74. The summed E-state index contributed by atoms with van der Waals surface area (Å²) in [6, 6.07) is 11.9. The van der Waals surface area contributed by atoms with Crippen molar-refractivity contribution < 1.29 is 4.79 Å². The van der Waals surface area contributed by atoms with Crippen LogP contribution in [-0.4, -0.2) is 10.9 Å². The number of halogens is 1. The quantitative estimate of drug-likeness (QED) is 0.729.